The molecule has 2 heterocycles. The van der Waals surface area contributed by atoms with Gasteiger partial charge in [-0.05, 0) is 99.4 Å². The molecule has 12 atom stereocenters. The lowest BCUT2D eigenvalue weighted by atomic mass is 9.43. The van der Waals surface area contributed by atoms with E-state index in [9.17, 15) is 20.1 Å². The molecule has 0 aromatic carbocycles. The van der Waals surface area contributed by atoms with E-state index < -0.39 is 30.2 Å². The van der Waals surface area contributed by atoms with Crippen molar-refractivity contribution in [2.45, 2.75) is 121 Å². The molecule has 5 fully saturated rings. The molecule has 4 saturated carbocycles. The van der Waals surface area contributed by atoms with Gasteiger partial charge in [-0.2, -0.15) is 0 Å². The fraction of sp³-hybridized carbons (Fsp3) is 0.897. The Bertz CT molecular complexity index is 907. The van der Waals surface area contributed by atoms with Gasteiger partial charge in [0.15, 0.2) is 6.29 Å². The van der Waals surface area contributed by atoms with Crippen molar-refractivity contribution in [3.8, 4) is 0 Å². The van der Waals surface area contributed by atoms with Gasteiger partial charge in [0.25, 0.3) is 0 Å². The zero-order valence-electron chi connectivity index (χ0n) is 22.0. The number of aliphatic hydroxyl groups excluding tert-OH is 2. The van der Waals surface area contributed by atoms with Crippen LogP contribution in [0.4, 0.5) is 0 Å². The van der Waals surface area contributed by atoms with Crippen LogP contribution in [0.2, 0.25) is 0 Å². The molecule has 0 amide bonds. The molecule has 7 nitrogen and oxygen atoms in total. The molecule has 3 N–H and O–H groups in total. The van der Waals surface area contributed by atoms with E-state index in [1.165, 1.54) is 0 Å². The molecule has 6 rings (SSSR count). The van der Waals surface area contributed by atoms with Crippen LogP contribution in [0.1, 0.15) is 85.0 Å². The fourth-order valence-corrected chi connectivity index (χ4v) is 9.82. The molecule has 1 saturated heterocycles. The zero-order chi connectivity index (χ0) is 25.5. The van der Waals surface area contributed by atoms with Gasteiger partial charge in [0, 0.05) is 17.9 Å². The molecular weight excluding hydrogens is 460 g/mol. The predicted octanol–water partition coefficient (Wildman–Crippen LogP) is 3.49. The minimum Gasteiger partial charge on any atom is -0.458 e. The molecule has 4 aliphatic carbocycles. The van der Waals surface area contributed by atoms with E-state index in [0.29, 0.717) is 30.8 Å². The summed E-state index contributed by atoms with van der Waals surface area (Å²) in [4.78, 5) is 11.8. The van der Waals surface area contributed by atoms with E-state index in [2.05, 4.69) is 13.8 Å². The Labute approximate surface area is 214 Å². The highest BCUT2D eigenvalue weighted by Gasteiger charge is 2.67. The average Bonchev–Trinajstić information content (AvgIpc) is 3.37. The van der Waals surface area contributed by atoms with Crippen LogP contribution >= 0.6 is 0 Å². The molecule has 0 spiro atoms. The number of aliphatic hydroxyl groups is 3. The Morgan fingerprint density at radius 1 is 1.00 bits per heavy atom. The molecule has 202 valence electrons. The van der Waals surface area contributed by atoms with E-state index in [4.69, 9.17) is 14.2 Å². The first kappa shape index (κ1) is 25.3. The van der Waals surface area contributed by atoms with Gasteiger partial charge in [-0.15, -0.1) is 0 Å². The highest BCUT2D eigenvalue weighted by atomic mass is 16.7. The van der Waals surface area contributed by atoms with Crippen molar-refractivity contribution in [2.75, 3.05) is 6.61 Å². The fourth-order valence-electron chi connectivity index (χ4n) is 9.82. The number of rotatable bonds is 3. The highest BCUT2D eigenvalue weighted by Crippen LogP contribution is 2.70. The number of carbonyl (C=O) groups is 1. The standard InChI is InChI=1S/C29H44O7/c1-16-26(32)23(30)14-25(35-16)36-19-6-9-27(2)18(13-19)4-5-22-21(27)7-10-28(3)20(8-11-29(22,28)33)17-12-24(31)34-15-17/h12,16,18-23,25-26,30,32-33H,4-11,13-15H2,1-3H3/t16-,18-,19+,20-,21+,22-,23+,25-,26-,27+,28-,29?/m1/s1. The van der Waals surface area contributed by atoms with Gasteiger partial charge >= 0.3 is 5.97 Å². The molecule has 0 aromatic heterocycles. The van der Waals surface area contributed by atoms with Gasteiger partial charge in [-0.3, -0.25) is 0 Å². The van der Waals surface area contributed by atoms with Crippen LogP contribution in [-0.2, 0) is 19.0 Å². The molecule has 0 bridgehead atoms. The molecule has 2 aliphatic heterocycles. The molecule has 7 heteroatoms. The van der Waals surface area contributed by atoms with Crippen LogP contribution in [0.15, 0.2) is 11.6 Å². The first-order valence-corrected chi connectivity index (χ1v) is 14.3. The van der Waals surface area contributed by atoms with Gasteiger partial charge in [0.1, 0.15) is 12.7 Å². The van der Waals surface area contributed by atoms with E-state index in [1.54, 1.807) is 13.0 Å². The van der Waals surface area contributed by atoms with Crippen molar-refractivity contribution < 1.29 is 34.3 Å². The van der Waals surface area contributed by atoms with Crippen LogP contribution in [-0.4, -0.2) is 64.2 Å². The Kier molecular flexibility index (Phi) is 6.16. The topological polar surface area (TPSA) is 105 Å². The van der Waals surface area contributed by atoms with Crippen LogP contribution in [0, 0.1) is 34.5 Å². The third kappa shape index (κ3) is 3.67. The molecule has 6 aliphatic rings. The maximum absolute atomic E-state index is 12.4. The normalized spacial score (nSPS) is 54.8. The average molecular weight is 505 g/mol. The van der Waals surface area contributed by atoms with Gasteiger partial charge in [0.2, 0.25) is 0 Å². The number of hydrogen-bond donors (Lipinski definition) is 3. The van der Waals surface area contributed by atoms with Crippen LogP contribution in [0.3, 0.4) is 0 Å². The SMILES string of the molecule is C[C@H]1O[C@H](O[C@H]2CC[C@@]3(C)[C@H](CC[C@@H]4[C@@H]3CC[C@]3(C)[C@@H](C5=CC(=O)OC5)CCC43O)C2)C[C@H](O)[C@@H]1O. The largest absolute Gasteiger partial charge is 0.458 e. The number of cyclic esters (lactones) is 1. The lowest BCUT2D eigenvalue weighted by Gasteiger charge is -2.63. The molecule has 36 heavy (non-hydrogen) atoms. The Balaban J connectivity index is 1.15. The summed E-state index contributed by atoms with van der Waals surface area (Å²) < 4.78 is 17.4. The Morgan fingerprint density at radius 3 is 2.53 bits per heavy atom. The predicted molar refractivity (Wildman–Crippen MR) is 132 cm³/mol. The third-order valence-electron chi connectivity index (χ3n) is 12.0. The van der Waals surface area contributed by atoms with Crippen molar-refractivity contribution in [1.82, 2.24) is 0 Å². The maximum Gasteiger partial charge on any atom is 0.331 e. The number of carbonyl (C=O) groups excluding carboxylic acids is 1. The maximum atomic E-state index is 12.4. The van der Waals surface area contributed by atoms with Crippen molar-refractivity contribution in [1.29, 1.82) is 0 Å². The van der Waals surface area contributed by atoms with Gasteiger partial charge in [-0.25, -0.2) is 4.79 Å². The van der Waals surface area contributed by atoms with Crippen molar-refractivity contribution >= 4 is 5.97 Å². The summed E-state index contributed by atoms with van der Waals surface area (Å²) in [5, 5.41) is 32.5. The van der Waals surface area contributed by atoms with E-state index in [-0.39, 0.29) is 28.8 Å². The number of ether oxygens (including phenoxy) is 3. The van der Waals surface area contributed by atoms with Gasteiger partial charge in [-0.1, -0.05) is 13.8 Å². The smallest absolute Gasteiger partial charge is 0.331 e. The first-order valence-electron chi connectivity index (χ1n) is 14.3. The summed E-state index contributed by atoms with van der Waals surface area (Å²) in [5.74, 6) is 1.37. The summed E-state index contributed by atoms with van der Waals surface area (Å²) >= 11 is 0. The second-order valence-electron chi connectivity index (χ2n) is 13.4. The van der Waals surface area contributed by atoms with Crippen LogP contribution in [0.25, 0.3) is 0 Å². The Hall–Kier alpha value is -0.990. The quantitative estimate of drug-likeness (QED) is 0.399. The molecule has 0 radical (unpaired) electrons. The summed E-state index contributed by atoms with van der Waals surface area (Å²) in [6.07, 6.45) is 8.64. The molecule has 1 unspecified atom stereocenters. The van der Waals surface area contributed by atoms with Crippen LogP contribution < -0.4 is 0 Å². The second-order valence-corrected chi connectivity index (χ2v) is 13.4. The highest BCUT2D eigenvalue weighted by molar-refractivity contribution is 5.85. The van der Waals surface area contributed by atoms with E-state index >= 15 is 0 Å². The number of esters is 1. The number of fused-ring (bicyclic) bond motifs is 5. The molecular formula is C29H44O7. The summed E-state index contributed by atoms with van der Waals surface area (Å²) in [6.45, 7) is 6.92. The van der Waals surface area contributed by atoms with Gasteiger partial charge in [0.05, 0.1) is 23.9 Å². The van der Waals surface area contributed by atoms with Crippen LogP contribution in [0.5, 0.6) is 0 Å². The summed E-state index contributed by atoms with van der Waals surface area (Å²) in [5.41, 5.74) is 0.404. The minimum absolute atomic E-state index is 0.110. The number of hydrogen-bond acceptors (Lipinski definition) is 7. The zero-order valence-corrected chi connectivity index (χ0v) is 22.0. The summed E-state index contributed by atoms with van der Waals surface area (Å²) in [6, 6.07) is 0. The Morgan fingerprint density at radius 2 is 1.81 bits per heavy atom. The van der Waals surface area contributed by atoms with Crippen molar-refractivity contribution in [2.24, 2.45) is 34.5 Å². The van der Waals surface area contributed by atoms with E-state index in [0.717, 1.165) is 63.4 Å². The lowest BCUT2D eigenvalue weighted by Crippen LogP contribution is -2.62. The third-order valence-corrected chi connectivity index (χ3v) is 12.0. The first-order chi connectivity index (χ1) is 17.0. The van der Waals surface area contributed by atoms with Crippen molar-refractivity contribution in [3.63, 3.8) is 0 Å². The van der Waals surface area contributed by atoms with E-state index in [1.807, 2.05) is 0 Å². The lowest BCUT2D eigenvalue weighted by molar-refractivity contribution is -0.270. The van der Waals surface area contributed by atoms with Crippen molar-refractivity contribution in [3.05, 3.63) is 11.6 Å². The summed E-state index contributed by atoms with van der Waals surface area (Å²) in [7, 11) is 0. The monoisotopic (exact) mass is 504 g/mol. The minimum atomic E-state index is -0.856. The molecule has 0 aromatic rings. The van der Waals surface area contributed by atoms with Gasteiger partial charge < -0.3 is 29.5 Å². The second kappa shape index (κ2) is 8.77.